The van der Waals surface area contributed by atoms with Gasteiger partial charge in [0.15, 0.2) is 0 Å². The van der Waals surface area contributed by atoms with Gasteiger partial charge in [-0.1, -0.05) is 6.92 Å². The molecule has 2 rings (SSSR count). The monoisotopic (exact) mass is 252 g/mol. The number of nitrogens with zero attached hydrogens (tertiary/aromatic N) is 5. The lowest BCUT2D eigenvalue weighted by Gasteiger charge is -2.35. The van der Waals surface area contributed by atoms with E-state index in [4.69, 9.17) is 5.73 Å². The van der Waals surface area contributed by atoms with Gasteiger partial charge in [-0.2, -0.15) is 5.10 Å². The van der Waals surface area contributed by atoms with Crippen molar-refractivity contribution in [2.45, 2.75) is 13.5 Å². The van der Waals surface area contributed by atoms with Crippen LogP contribution in [0.2, 0.25) is 0 Å². The van der Waals surface area contributed by atoms with Gasteiger partial charge in [0.2, 0.25) is 0 Å². The zero-order valence-corrected chi connectivity index (χ0v) is 11.4. The molecule has 2 N–H and O–H groups in total. The Morgan fingerprint density at radius 2 is 1.94 bits per heavy atom. The molecule has 0 saturated carbocycles. The van der Waals surface area contributed by atoms with Crippen LogP contribution in [-0.4, -0.2) is 63.8 Å². The Morgan fingerprint density at radius 1 is 1.28 bits per heavy atom. The lowest BCUT2D eigenvalue weighted by molar-refractivity contribution is 0.113. The Kier molecular flexibility index (Phi) is 4.68. The number of rotatable bonds is 5. The number of hydrogen-bond acceptors (Lipinski definition) is 5. The number of piperazine rings is 1. The maximum Gasteiger partial charge on any atom is 0.140 e. The van der Waals surface area contributed by atoms with Gasteiger partial charge in [0.25, 0.3) is 0 Å². The SMILES string of the molecule is CC(CN)CN1CCN(Cc2ncnn2C)CC1. The van der Waals surface area contributed by atoms with Crippen LogP contribution >= 0.6 is 0 Å². The summed E-state index contributed by atoms with van der Waals surface area (Å²) in [7, 11) is 1.95. The van der Waals surface area contributed by atoms with Crippen LogP contribution in [0.4, 0.5) is 0 Å². The van der Waals surface area contributed by atoms with Gasteiger partial charge in [-0.05, 0) is 12.5 Å². The topological polar surface area (TPSA) is 63.2 Å². The van der Waals surface area contributed by atoms with Gasteiger partial charge < -0.3 is 10.6 Å². The second-order valence-electron chi connectivity index (χ2n) is 5.22. The molecule has 1 saturated heterocycles. The van der Waals surface area contributed by atoms with Gasteiger partial charge in [-0.3, -0.25) is 9.58 Å². The fraction of sp³-hybridized carbons (Fsp3) is 0.833. The second kappa shape index (κ2) is 6.26. The van der Waals surface area contributed by atoms with Crippen LogP contribution in [0.25, 0.3) is 0 Å². The Morgan fingerprint density at radius 3 is 2.50 bits per heavy atom. The van der Waals surface area contributed by atoms with E-state index >= 15 is 0 Å². The van der Waals surface area contributed by atoms with Crippen molar-refractivity contribution in [2.24, 2.45) is 18.7 Å². The molecule has 2 heterocycles. The maximum absolute atomic E-state index is 5.67. The molecule has 0 amide bonds. The highest BCUT2D eigenvalue weighted by Crippen LogP contribution is 2.07. The van der Waals surface area contributed by atoms with Crippen molar-refractivity contribution in [3.63, 3.8) is 0 Å². The fourth-order valence-corrected chi connectivity index (χ4v) is 2.31. The number of aromatic nitrogens is 3. The minimum atomic E-state index is 0.593. The second-order valence-corrected chi connectivity index (χ2v) is 5.22. The van der Waals surface area contributed by atoms with E-state index in [-0.39, 0.29) is 0 Å². The molecule has 1 aromatic heterocycles. The number of aryl methyl sites for hydroxylation is 1. The predicted molar refractivity (Wildman–Crippen MR) is 70.9 cm³/mol. The summed E-state index contributed by atoms with van der Waals surface area (Å²) >= 11 is 0. The van der Waals surface area contributed by atoms with Crippen molar-refractivity contribution in [1.82, 2.24) is 24.6 Å². The third-order valence-corrected chi connectivity index (χ3v) is 3.61. The minimum absolute atomic E-state index is 0.593. The average molecular weight is 252 g/mol. The van der Waals surface area contributed by atoms with Gasteiger partial charge in [0.1, 0.15) is 12.2 Å². The average Bonchev–Trinajstić information content (AvgIpc) is 2.77. The molecule has 0 spiro atoms. The van der Waals surface area contributed by atoms with Crippen molar-refractivity contribution < 1.29 is 0 Å². The summed E-state index contributed by atoms with van der Waals surface area (Å²) in [6.45, 7) is 9.47. The van der Waals surface area contributed by atoms with E-state index < -0.39 is 0 Å². The first kappa shape index (κ1) is 13.5. The van der Waals surface area contributed by atoms with Gasteiger partial charge in [0, 0.05) is 39.8 Å². The van der Waals surface area contributed by atoms with Crippen LogP contribution in [0, 0.1) is 5.92 Å². The van der Waals surface area contributed by atoms with Crippen molar-refractivity contribution in [3.8, 4) is 0 Å². The first-order chi connectivity index (χ1) is 8.69. The van der Waals surface area contributed by atoms with Crippen molar-refractivity contribution in [1.29, 1.82) is 0 Å². The van der Waals surface area contributed by atoms with E-state index in [0.717, 1.165) is 51.6 Å². The molecule has 1 unspecified atom stereocenters. The number of hydrogen-bond donors (Lipinski definition) is 1. The minimum Gasteiger partial charge on any atom is -0.330 e. The number of nitrogens with two attached hydrogens (primary N) is 1. The van der Waals surface area contributed by atoms with Crippen LogP contribution in [0.1, 0.15) is 12.7 Å². The van der Waals surface area contributed by atoms with Crippen molar-refractivity contribution >= 4 is 0 Å². The van der Waals surface area contributed by atoms with Gasteiger partial charge in [-0.25, -0.2) is 4.98 Å². The third kappa shape index (κ3) is 3.51. The highest BCUT2D eigenvalue weighted by atomic mass is 15.3. The molecule has 0 aromatic carbocycles. The molecule has 0 radical (unpaired) electrons. The van der Waals surface area contributed by atoms with Crippen molar-refractivity contribution in [2.75, 3.05) is 39.3 Å². The summed E-state index contributed by atoms with van der Waals surface area (Å²) in [5.41, 5.74) is 5.67. The largest absolute Gasteiger partial charge is 0.330 e. The van der Waals surface area contributed by atoms with Gasteiger partial charge in [0.05, 0.1) is 6.54 Å². The predicted octanol–water partition coefficient (Wildman–Crippen LogP) is -0.472. The molecule has 0 aliphatic carbocycles. The standard InChI is InChI=1S/C12H24N6/c1-11(7-13)8-17-3-5-18(6-4-17)9-12-14-10-15-16(12)2/h10-11H,3-9,13H2,1-2H3. The molecular formula is C12H24N6. The molecule has 6 heteroatoms. The zero-order chi connectivity index (χ0) is 13.0. The summed E-state index contributed by atoms with van der Waals surface area (Å²) in [6, 6.07) is 0. The molecule has 102 valence electrons. The Bertz CT molecular complexity index is 355. The highest BCUT2D eigenvalue weighted by Gasteiger charge is 2.19. The molecular weight excluding hydrogens is 228 g/mol. The van der Waals surface area contributed by atoms with Crippen LogP contribution in [0.15, 0.2) is 6.33 Å². The summed E-state index contributed by atoms with van der Waals surface area (Å²) < 4.78 is 1.85. The molecule has 1 aliphatic heterocycles. The van der Waals surface area contributed by atoms with Crippen LogP contribution in [-0.2, 0) is 13.6 Å². The van der Waals surface area contributed by atoms with Gasteiger partial charge in [-0.15, -0.1) is 0 Å². The first-order valence-electron chi connectivity index (χ1n) is 6.66. The molecule has 18 heavy (non-hydrogen) atoms. The Labute approximate surface area is 109 Å². The van der Waals surface area contributed by atoms with Crippen LogP contribution in [0.3, 0.4) is 0 Å². The molecule has 1 aliphatic rings. The molecule has 1 atom stereocenters. The summed E-state index contributed by atoms with van der Waals surface area (Å²) in [4.78, 5) is 9.21. The lowest BCUT2D eigenvalue weighted by atomic mass is 10.1. The lowest BCUT2D eigenvalue weighted by Crippen LogP contribution is -2.47. The molecule has 1 aromatic rings. The van der Waals surface area contributed by atoms with Crippen LogP contribution < -0.4 is 5.73 Å². The van der Waals surface area contributed by atoms with E-state index in [0.29, 0.717) is 5.92 Å². The van der Waals surface area contributed by atoms with Crippen LogP contribution in [0.5, 0.6) is 0 Å². The molecule has 1 fully saturated rings. The molecule has 6 nitrogen and oxygen atoms in total. The van der Waals surface area contributed by atoms with E-state index in [2.05, 4.69) is 26.8 Å². The van der Waals surface area contributed by atoms with E-state index in [9.17, 15) is 0 Å². The summed E-state index contributed by atoms with van der Waals surface area (Å²) in [5.74, 6) is 1.63. The zero-order valence-electron chi connectivity index (χ0n) is 11.4. The maximum atomic E-state index is 5.67. The van der Waals surface area contributed by atoms with Crippen molar-refractivity contribution in [3.05, 3.63) is 12.2 Å². The summed E-state index contributed by atoms with van der Waals surface area (Å²) in [5, 5.41) is 4.10. The summed E-state index contributed by atoms with van der Waals surface area (Å²) in [6.07, 6.45) is 1.62. The smallest absolute Gasteiger partial charge is 0.140 e. The highest BCUT2D eigenvalue weighted by molar-refractivity contribution is 4.85. The van der Waals surface area contributed by atoms with E-state index in [1.165, 1.54) is 0 Å². The van der Waals surface area contributed by atoms with E-state index in [1.807, 2.05) is 11.7 Å². The quantitative estimate of drug-likeness (QED) is 0.767. The Balaban J connectivity index is 1.75. The molecule has 0 bridgehead atoms. The fourth-order valence-electron chi connectivity index (χ4n) is 2.31. The van der Waals surface area contributed by atoms with E-state index in [1.54, 1.807) is 6.33 Å². The normalized spacial score (nSPS) is 20.2. The first-order valence-corrected chi connectivity index (χ1v) is 6.66. The Hall–Kier alpha value is -0.980. The van der Waals surface area contributed by atoms with Gasteiger partial charge >= 0.3 is 0 Å². The third-order valence-electron chi connectivity index (χ3n) is 3.61.